The molecule has 0 aliphatic rings. The molecule has 1 rings (SSSR count). The van der Waals surface area contributed by atoms with E-state index in [1.54, 1.807) is 7.05 Å². The van der Waals surface area contributed by atoms with Crippen LogP contribution in [0.1, 0.15) is 30.6 Å². The van der Waals surface area contributed by atoms with Crippen molar-refractivity contribution in [2.45, 2.75) is 25.8 Å². The van der Waals surface area contributed by atoms with Crippen molar-refractivity contribution in [3.63, 3.8) is 0 Å². The van der Waals surface area contributed by atoms with Gasteiger partial charge in [-0.25, -0.2) is 4.39 Å². The van der Waals surface area contributed by atoms with Gasteiger partial charge in [-0.1, -0.05) is 11.6 Å². The van der Waals surface area contributed by atoms with Gasteiger partial charge in [-0.3, -0.25) is 4.79 Å². The van der Waals surface area contributed by atoms with Crippen molar-refractivity contribution in [2.24, 2.45) is 5.73 Å². The second-order valence-corrected chi connectivity index (χ2v) is 5.53. The molecule has 0 spiro atoms. The van der Waals surface area contributed by atoms with Crippen LogP contribution < -0.4 is 5.73 Å². The lowest BCUT2D eigenvalue weighted by atomic mass is 10.0. The maximum absolute atomic E-state index is 13.5. The summed E-state index contributed by atoms with van der Waals surface area (Å²) >= 11 is 5.76. The minimum absolute atomic E-state index is 0.0140. The summed E-state index contributed by atoms with van der Waals surface area (Å²) in [5.41, 5.74) is 5.47. The number of carbonyl (C=O) groups excluding carboxylic acids is 1. The maximum atomic E-state index is 13.5. The number of nitrogens with zero attached hydrogens (tertiary/aromatic N) is 1. The number of amides is 1. The lowest BCUT2D eigenvalue weighted by Gasteiger charge is -2.23. The fourth-order valence-corrected chi connectivity index (χ4v) is 1.60. The van der Waals surface area contributed by atoms with Crippen molar-refractivity contribution in [3.05, 3.63) is 34.6 Å². The smallest absolute Gasteiger partial charge is 0.256 e. The van der Waals surface area contributed by atoms with E-state index in [2.05, 4.69) is 0 Å². The van der Waals surface area contributed by atoms with Crippen LogP contribution in [0.25, 0.3) is 0 Å². The van der Waals surface area contributed by atoms with Gasteiger partial charge >= 0.3 is 0 Å². The Labute approximate surface area is 112 Å². The van der Waals surface area contributed by atoms with Crippen LogP contribution in [0, 0.1) is 5.82 Å². The van der Waals surface area contributed by atoms with Gasteiger partial charge < -0.3 is 10.6 Å². The average Bonchev–Trinajstić information content (AvgIpc) is 2.27. The number of carbonyl (C=O) groups is 1. The summed E-state index contributed by atoms with van der Waals surface area (Å²) in [6.07, 6.45) is 0.636. The van der Waals surface area contributed by atoms with Crippen molar-refractivity contribution in [2.75, 3.05) is 13.6 Å². The molecule has 3 nitrogen and oxygen atoms in total. The quantitative estimate of drug-likeness (QED) is 0.916. The third kappa shape index (κ3) is 4.27. The van der Waals surface area contributed by atoms with Gasteiger partial charge in [0.05, 0.1) is 5.56 Å². The van der Waals surface area contributed by atoms with Crippen molar-refractivity contribution < 1.29 is 9.18 Å². The Balaban J connectivity index is 2.77. The van der Waals surface area contributed by atoms with Crippen LogP contribution in [0.2, 0.25) is 5.02 Å². The zero-order valence-corrected chi connectivity index (χ0v) is 11.6. The van der Waals surface area contributed by atoms with E-state index in [1.807, 2.05) is 13.8 Å². The number of rotatable bonds is 4. The first-order chi connectivity index (χ1) is 8.20. The summed E-state index contributed by atoms with van der Waals surface area (Å²) in [6.45, 7) is 4.23. The number of benzene rings is 1. The maximum Gasteiger partial charge on any atom is 0.256 e. The second-order valence-electron chi connectivity index (χ2n) is 5.09. The van der Waals surface area contributed by atoms with Crippen LogP contribution in [0.4, 0.5) is 4.39 Å². The molecule has 0 aliphatic carbocycles. The molecule has 0 unspecified atom stereocenters. The highest BCUT2D eigenvalue weighted by Crippen LogP contribution is 2.17. The van der Waals surface area contributed by atoms with E-state index >= 15 is 0 Å². The highest BCUT2D eigenvalue weighted by Gasteiger charge is 2.19. The van der Waals surface area contributed by atoms with E-state index in [0.29, 0.717) is 18.0 Å². The summed E-state index contributed by atoms with van der Waals surface area (Å²) < 4.78 is 13.5. The fourth-order valence-electron chi connectivity index (χ4n) is 1.42. The van der Waals surface area contributed by atoms with Gasteiger partial charge in [0, 0.05) is 24.2 Å². The number of hydrogen-bond donors (Lipinski definition) is 1. The zero-order chi connectivity index (χ0) is 13.9. The van der Waals surface area contributed by atoms with Crippen LogP contribution in [0.3, 0.4) is 0 Å². The Morgan fingerprint density at radius 3 is 2.67 bits per heavy atom. The molecule has 0 atom stereocenters. The highest BCUT2D eigenvalue weighted by atomic mass is 35.5. The van der Waals surface area contributed by atoms with Gasteiger partial charge in [-0.05, 0) is 38.5 Å². The molecule has 0 radical (unpaired) electrons. The second kappa shape index (κ2) is 5.67. The van der Waals surface area contributed by atoms with E-state index in [-0.39, 0.29) is 17.0 Å². The standard InChI is InChI=1S/C13H18ClFN2O/c1-13(2,16)6-7-17(3)12(18)10-8-9(14)4-5-11(10)15/h4-5,8H,6-7,16H2,1-3H3. The molecule has 5 heteroatoms. The molecule has 2 N–H and O–H groups in total. The first-order valence-electron chi connectivity index (χ1n) is 5.70. The lowest BCUT2D eigenvalue weighted by molar-refractivity contribution is 0.0782. The van der Waals surface area contributed by atoms with Gasteiger partial charge in [0.15, 0.2) is 0 Å². The highest BCUT2D eigenvalue weighted by molar-refractivity contribution is 6.30. The molecule has 0 bridgehead atoms. The lowest BCUT2D eigenvalue weighted by Crippen LogP contribution is -2.38. The summed E-state index contributed by atoms with van der Waals surface area (Å²) in [7, 11) is 1.62. The molecule has 1 aromatic carbocycles. The summed E-state index contributed by atoms with van der Waals surface area (Å²) in [5.74, 6) is -0.956. The zero-order valence-electron chi connectivity index (χ0n) is 10.8. The van der Waals surface area contributed by atoms with E-state index in [9.17, 15) is 9.18 Å². The SMILES string of the molecule is CN(CCC(C)(C)N)C(=O)c1cc(Cl)ccc1F. The molecular formula is C13H18ClFN2O. The van der Waals surface area contributed by atoms with Crippen LogP contribution in [-0.2, 0) is 0 Å². The Kier molecular flexibility index (Phi) is 4.71. The van der Waals surface area contributed by atoms with Gasteiger partial charge in [0.25, 0.3) is 5.91 Å². The topological polar surface area (TPSA) is 46.3 Å². The molecule has 0 aliphatic heterocycles. The summed E-state index contributed by atoms with van der Waals surface area (Å²) in [5, 5.41) is 0.340. The predicted molar refractivity (Wildman–Crippen MR) is 71.3 cm³/mol. The summed E-state index contributed by atoms with van der Waals surface area (Å²) in [6, 6.07) is 3.94. The van der Waals surface area contributed by atoms with Gasteiger partial charge in [0.2, 0.25) is 0 Å². The van der Waals surface area contributed by atoms with Crippen LogP contribution >= 0.6 is 11.6 Å². The average molecular weight is 273 g/mol. The Hall–Kier alpha value is -1.13. The largest absolute Gasteiger partial charge is 0.342 e. The minimum atomic E-state index is -0.566. The molecule has 0 fully saturated rings. The van der Waals surface area contributed by atoms with Crippen molar-refractivity contribution in [1.82, 2.24) is 4.90 Å². The summed E-state index contributed by atoms with van der Waals surface area (Å²) in [4.78, 5) is 13.5. The molecule has 0 saturated heterocycles. The molecule has 1 aromatic rings. The Bertz CT molecular complexity index is 443. The van der Waals surface area contributed by atoms with Crippen LogP contribution in [0.15, 0.2) is 18.2 Å². The van der Waals surface area contributed by atoms with E-state index in [0.717, 1.165) is 0 Å². The molecule has 18 heavy (non-hydrogen) atoms. The van der Waals surface area contributed by atoms with Crippen molar-refractivity contribution >= 4 is 17.5 Å². The molecule has 0 aromatic heterocycles. The molecule has 0 heterocycles. The molecule has 100 valence electrons. The minimum Gasteiger partial charge on any atom is -0.342 e. The van der Waals surface area contributed by atoms with Crippen LogP contribution in [0.5, 0.6) is 0 Å². The third-order valence-corrected chi connectivity index (χ3v) is 2.83. The predicted octanol–water partition coefficient (Wildman–Crippen LogP) is 2.68. The van der Waals surface area contributed by atoms with Crippen molar-refractivity contribution in [1.29, 1.82) is 0 Å². The van der Waals surface area contributed by atoms with Crippen molar-refractivity contribution in [3.8, 4) is 0 Å². The first-order valence-corrected chi connectivity index (χ1v) is 6.08. The molecule has 1 amide bonds. The van der Waals surface area contributed by atoms with Gasteiger partial charge in [0.1, 0.15) is 5.82 Å². The normalized spacial score (nSPS) is 11.4. The number of nitrogens with two attached hydrogens (primary N) is 1. The monoisotopic (exact) mass is 272 g/mol. The van der Waals surface area contributed by atoms with E-state index in [4.69, 9.17) is 17.3 Å². The number of halogens is 2. The fraction of sp³-hybridized carbons (Fsp3) is 0.462. The van der Waals surface area contributed by atoms with Crippen LogP contribution in [-0.4, -0.2) is 29.9 Å². The van der Waals surface area contributed by atoms with Gasteiger partial charge in [-0.2, -0.15) is 0 Å². The first kappa shape index (κ1) is 14.9. The Morgan fingerprint density at radius 2 is 2.11 bits per heavy atom. The third-order valence-electron chi connectivity index (χ3n) is 2.60. The number of hydrogen-bond acceptors (Lipinski definition) is 2. The van der Waals surface area contributed by atoms with E-state index in [1.165, 1.54) is 23.1 Å². The molecule has 0 saturated carbocycles. The molecular weight excluding hydrogens is 255 g/mol. The van der Waals surface area contributed by atoms with E-state index < -0.39 is 5.82 Å². The van der Waals surface area contributed by atoms with Gasteiger partial charge in [-0.15, -0.1) is 0 Å². The Morgan fingerprint density at radius 1 is 1.50 bits per heavy atom.